The first-order valence-electron chi connectivity index (χ1n) is 12.6. The highest BCUT2D eigenvalue weighted by molar-refractivity contribution is 6.74. The molecule has 0 fully saturated rings. The van der Waals surface area contributed by atoms with E-state index in [9.17, 15) is 9.90 Å². The first kappa shape index (κ1) is 26.9. The fourth-order valence-electron chi connectivity index (χ4n) is 3.87. The van der Waals surface area contributed by atoms with Crippen LogP contribution in [0.25, 0.3) is 11.3 Å². The van der Waals surface area contributed by atoms with Crippen LogP contribution in [0.1, 0.15) is 80.8 Å². The van der Waals surface area contributed by atoms with E-state index in [1.54, 1.807) is 24.4 Å². The third kappa shape index (κ3) is 7.39. The summed E-state index contributed by atoms with van der Waals surface area (Å²) in [6, 6.07) is 17.5. The molecule has 1 N–H and O–H groups in total. The van der Waals surface area contributed by atoms with E-state index >= 15 is 0 Å². The lowest BCUT2D eigenvalue weighted by Gasteiger charge is -2.38. The van der Waals surface area contributed by atoms with Crippen molar-refractivity contribution in [2.75, 3.05) is 0 Å². The number of carbonyl (C=O) groups is 1. The van der Waals surface area contributed by atoms with Crippen LogP contribution in [-0.4, -0.2) is 24.4 Å². The summed E-state index contributed by atoms with van der Waals surface area (Å²) >= 11 is 0. The van der Waals surface area contributed by atoms with Gasteiger partial charge in [-0.2, -0.15) is 0 Å². The molecular formula is C29H39NO4Si. The molecule has 1 atom stereocenters. The maximum Gasteiger partial charge on any atom is 0.336 e. The highest BCUT2D eigenvalue weighted by Crippen LogP contribution is 2.41. The number of aromatic nitrogens is 1. The van der Waals surface area contributed by atoms with E-state index in [1.807, 2.05) is 6.07 Å². The largest absolute Gasteiger partial charge is 0.478 e. The Labute approximate surface area is 210 Å². The van der Waals surface area contributed by atoms with E-state index < -0.39 is 14.3 Å². The van der Waals surface area contributed by atoms with Crippen molar-refractivity contribution < 1.29 is 18.7 Å². The van der Waals surface area contributed by atoms with Crippen molar-refractivity contribution in [2.45, 2.75) is 83.5 Å². The van der Waals surface area contributed by atoms with Gasteiger partial charge in [0.1, 0.15) is 6.10 Å². The Balaban J connectivity index is 1.69. The average Bonchev–Trinajstić information content (AvgIpc) is 3.30. The fraction of sp³-hybridized carbons (Fsp3) is 0.448. The van der Waals surface area contributed by atoms with E-state index in [-0.39, 0.29) is 16.7 Å². The van der Waals surface area contributed by atoms with Crippen LogP contribution >= 0.6 is 0 Å². The molecule has 0 aliphatic carbocycles. The molecule has 1 heterocycles. The van der Waals surface area contributed by atoms with Gasteiger partial charge >= 0.3 is 5.97 Å². The molecular weight excluding hydrogens is 454 g/mol. The number of aryl methyl sites for hydroxylation is 1. The smallest absolute Gasteiger partial charge is 0.336 e. The van der Waals surface area contributed by atoms with Gasteiger partial charge in [0.2, 0.25) is 5.89 Å². The maximum absolute atomic E-state index is 11.7. The van der Waals surface area contributed by atoms with E-state index in [0.717, 1.165) is 25.7 Å². The number of hydrogen-bond donors (Lipinski definition) is 1. The minimum Gasteiger partial charge on any atom is -0.478 e. The van der Waals surface area contributed by atoms with Crippen LogP contribution in [0.4, 0.5) is 0 Å². The maximum atomic E-state index is 11.7. The zero-order valence-electron chi connectivity index (χ0n) is 21.7. The van der Waals surface area contributed by atoms with Gasteiger partial charge in [0.25, 0.3) is 0 Å². The molecule has 2 aromatic carbocycles. The molecule has 3 aromatic rings. The van der Waals surface area contributed by atoms with Crippen LogP contribution in [-0.2, 0) is 10.8 Å². The highest BCUT2D eigenvalue weighted by atomic mass is 28.4. The summed E-state index contributed by atoms with van der Waals surface area (Å²) < 4.78 is 12.9. The Kier molecular flexibility index (Phi) is 9.08. The monoisotopic (exact) mass is 493 g/mol. The van der Waals surface area contributed by atoms with Crippen LogP contribution in [0.2, 0.25) is 18.1 Å². The van der Waals surface area contributed by atoms with Crippen molar-refractivity contribution in [1.82, 2.24) is 4.98 Å². The number of unbranched alkanes of at least 4 members (excludes halogenated alkanes) is 3. The SMILES string of the molecule is CC(C)(C)[Si](C)(C)OC(CCCCCCc1ccccc1)c1ncc(-c2ccccc2C(=O)O)o1. The van der Waals surface area contributed by atoms with Crippen LogP contribution in [0.3, 0.4) is 0 Å². The lowest BCUT2D eigenvalue weighted by molar-refractivity contribution is 0.0697. The molecule has 0 aliphatic heterocycles. The number of carboxylic acid groups (broad SMARTS) is 1. The first-order valence-corrected chi connectivity index (χ1v) is 15.5. The second-order valence-electron chi connectivity index (χ2n) is 10.7. The van der Waals surface area contributed by atoms with Crippen LogP contribution in [0.5, 0.6) is 0 Å². The number of oxazole rings is 1. The van der Waals surface area contributed by atoms with Gasteiger partial charge in [0, 0.05) is 5.56 Å². The van der Waals surface area contributed by atoms with E-state index in [2.05, 4.69) is 69.2 Å². The Bertz CT molecular complexity index is 1090. The molecule has 6 heteroatoms. The normalized spacial score (nSPS) is 13.1. The number of nitrogens with zero attached hydrogens (tertiary/aromatic N) is 1. The molecule has 0 amide bonds. The second kappa shape index (κ2) is 11.8. The van der Waals surface area contributed by atoms with Gasteiger partial charge in [0.15, 0.2) is 14.1 Å². The zero-order valence-corrected chi connectivity index (χ0v) is 22.7. The van der Waals surface area contributed by atoms with E-state index in [0.29, 0.717) is 17.2 Å². The molecule has 1 unspecified atom stereocenters. The molecule has 35 heavy (non-hydrogen) atoms. The van der Waals surface area contributed by atoms with Gasteiger partial charge < -0.3 is 13.9 Å². The van der Waals surface area contributed by atoms with Gasteiger partial charge in [-0.1, -0.05) is 88.6 Å². The zero-order chi connectivity index (χ0) is 25.5. The molecule has 1 aromatic heterocycles. The Morgan fingerprint density at radius 2 is 1.66 bits per heavy atom. The molecule has 5 nitrogen and oxygen atoms in total. The van der Waals surface area contributed by atoms with E-state index in [1.165, 1.54) is 18.4 Å². The standard InChI is InChI=1S/C29H39NO4Si/c1-29(2,3)35(4,5)34-25(20-12-7-6-9-15-22-16-10-8-11-17-22)27-30-21-26(33-27)23-18-13-14-19-24(23)28(31)32/h8,10-11,13-14,16-19,21,25H,6-7,9,12,15,20H2,1-5H3,(H,31,32). The molecule has 0 aliphatic rings. The molecule has 3 rings (SSSR count). The fourth-order valence-corrected chi connectivity index (χ4v) is 5.15. The minimum atomic E-state index is -2.06. The quantitative estimate of drug-likeness (QED) is 0.203. The minimum absolute atomic E-state index is 0.0618. The summed E-state index contributed by atoms with van der Waals surface area (Å²) in [4.78, 5) is 16.2. The number of carboxylic acids is 1. The summed E-state index contributed by atoms with van der Waals surface area (Å²) in [5, 5.41) is 9.63. The van der Waals surface area contributed by atoms with Crippen molar-refractivity contribution in [3.05, 3.63) is 77.8 Å². The Morgan fingerprint density at radius 1 is 1.00 bits per heavy atom. The van der Waals surface area contributed by atoms with Crippen LogP contribution in [0.15, 0.2) is 65.2 Å². The van der Waals surface area contributed by atoms with Gasteiger partial charge in [-0.15, -0.1) is 0 Å². The summed E-state index contributed by atoms with van der Waals surface area (Å²) in [7, 11) is -2.06. The van der Waals surface area contributed by atoms with Crippen molar-refractivity contribution >= 4 is 14.3 Å². The molecule has 0 saturated carbocycles. The van der Waals surface area contributed by atoms with Gasteiger partial charge in [0.05, 0.1) is 11.8 Å². The third-order valence-electron chi connectivity index (χ3n) is 6.99. The van der Waals surface area contributed by atoms with Gasteiger partial charge in [-0.25, -0.2) is 9.78 Å². The first-order chi connectivity index (χ1) is 16.6. The van der Waals surface area contributed by atoms with Crippen LogP contribution in [0, 0.1) is 0 Å². The molecule has 188 valence electrons. The average molecular weight is 494 g/mol. The van der Waals surface area contributed by atoms with Crippen LogP contribution < -0.4 is 0 Å². The number of aromatic carboxylic acids is 1. The number of benzene rings is 2. The topological polar surface area (TPSA) is 72.6 Å². The lowest BCUT2D eigenvalue weighted by Crippen LogP contribution is -2.41. The molecule has 0 saturated heterocycles. The highest BCUT2D eigenvalue weighted by Gasteiger charge is 2.40. The van der Waals surface area contributed by atoms with Crippen molar-refractivity contribution in [1.29, 1.82) is 0 Å². The third-order valence-corrected chi connectivity index (χ3v) is 11.5. The van der Waals surface area contributed by atoms with Gasteiger partial charge in [-0.05, 0) is 49.0 Å². The summed E-state index contributed by atoms with van der Waals surface area (Å²) in [6.07, 6.45) is 7.82. The van der Waals surface area contributed by atoms with Crippen molar-refractivity contribution in [3.63, 3.8) is 0 Å². The second-order valence-corrected chi connectivity index (χ2v) is 15.5. The Morgan fingerprint density at radius 3 is 2.34 bits per heavy atom. The van der Waals surface area contributed by atoms with Crippen molar-refractivity contribution in [3.8, 4) is 11.3 Å². The number of hydrogen-bond acceptors (Lipinski definition) is 4. The summed E-state index contributed by atoms with van der Waals surface area (Å²) in [6.45, 7) is 11.2. The molecule has 0 spiro atoms. The predicted octanol–water partition coefficient (Wildman–Crippen LogP) is 8.30. The van der Waals surface area contributed by atoms with Crippen molar-refractivity contribution in [2.24, 2.45) is 0 Å². The molecule has 0 bridgehead atoms. The molecule has 0 radical (unpaired) electrons. The van der Waals surface area contributed by atoms with E-state index in [4.69, 9.17) is 8.84 Å². The van der Waals surface area contributed by atoms with Gasteiger partial charge in [-0.3, -0.25) is 0 Å². The number of rotatable bonds is 12. The summed E-state index contributed by atoms with van der Waals surface area (Å²) in [5.74, 6) is 0.0159. The predicted molar refractivity (Wildman–Crippen MR) is 143 cm³/mol. The lowest BCUT2D eigenvalue weighted by atomic mass is 10.0. The summed E-state index contributed by atoms with van der Waals surface area (Å²) in [5.41, 5.74) is 2.13. The Hall–Kier alpha value is -2.70.